The van der Waals surface area contributed by atoms with E-state index in [0.29, 0.717) is 6.04 Å². The smallest absolute Gasteiger partial charge is 0.264 e. The minimum atomic E-state index is -0.0588. The maximum absolute atomic E-state index is 11.2. The fraction of sp³-hybridized carbons (Fsp3) is 0.438. The Morgan fingerprint density at radius 1 is 1.24 bits per heavy atom. The van der Waals surface area contributed by atoms with Crippen molar-refractivity contribution in [2.24, 2.45) is 0 Å². The van der Waals surface area contributed by atoms with Crippen molar-refractivity contribution in [3.05, 3.63) is 51.9 Å². The van der Waals surface area contributed by atoms with Crippen LogP contribution in [-0.2, 0) is 6.54 Å². The van der Waals surface area contributed by atoms with Gasteiger partial charge in [0, 0.05) is 44.0 Å². The summed E-state index contributed by atoms with van der Waals surface area (Å²) in [6, 6.07) is 10.8. The Morgan fingerprint density at radius 3 is 2.76 bits per heavy atom. The number of nitrogens with one attached hydrogen (secondary N) is 2. The number of piperazine rings is 1. The van der Waals surface area contributed by atoms with Crippen LogP contribution in [0.3, 0.4) is 0 Å². The lowest BCUT2D eigenvalue weighted by atomic mass is 10.1. The molecule has 0 saturated carbocycles. The number of H-pyrrole nitrogens is 2. The standard InChI is InChI=1S/C16H22N4O/c1-12-4-3-5-15(8-12)20-7-6-19(10-13(20)2)11-14-9-16(21)18-17-14/h3-5,8-9,13H,6-7,10-11H2,1-2H3,(H2,17,18,21). The molecule has 2 aromatic rings. The van der Waals surface area contributed by atoms with Gasteiger partial charge in [-0.15, -0.1) is 0 Å². The van der Waals surface area contributed by atoms with Crippen molar-refractivity contribution in [1.29, 1.82) is 0 Å². The van der Waals surface area contributed by atoms with E-state index in [0.717, 1.165) is 31.9 Å². The average molecular weight is 286 g/mol. The van der Waals surface area contributed by atoms with E-state index in [1.807, 2.05) is 0 Å². The summed E-state index contributed by atoms with van der Waals surface area (Å²) in [5, 5.41) is 5.52. The molecule has 5 nitrogen and oxygen atoms in total. The molecule has 5 heteroatoms. The molecule has 3 rings (SSSR count). The van der Waals surface area contributed by atoms with Crippen molar-refractivity contribution in [3.8, 4) is 0 Å². The Morgan fingerprint density at radius 2 is 2.10 bits per heavy atom. The quantitative estimate of drug-likeness (QED) is 0.903. The lowest BCUT2D eigenvalue weighted by Crippen LogP contribution is -2.51. The minimum absolute atomic E-state index is 0.0588. The third-order valence-electron chi connectivity index (χ3n) is 4.09. The monoisotopic (exact) mass is 286 g/mol. The SMILES string of the molecule is Cc1cccc(N2CCN(Cc3cc(=O)[nH][nH]3)CC2C)c1. The molecule has 0 spiro atoms. The maximum atomic E-state index is 11.2. The topological polar surface area (TPSA) is 55.1 Å². The van der Waals surface area contributed by atoms with Crippen molar-refractivity contribution in [2.75, 3.05) is 24.5 Å². The van der Waals surface area contributed by atoms with E-state index in [2.05, 4.69) is 58.1 Å². The van der Waals surface area contributed by atoms with Crippen molar-refractivity contribution in [3.63, 3.8) is 0 Å². The van der Waals surface area contributed by atoms with Gasteiger partial charge in [0.1, 0.15) is 0 Å². The molecule has 1 aliphatic heterocycles. The Balaban J connectivity index is 1.65. The molecule has 21 heavy (non-hydrogen) atoms. The molecule has 0 bridgehead atoms. The van der Waals surface area contributed by atoms with Gasteiger partial charge in [0.2, 0.25) is 0 Å². The van der Waals surface area contributed by atoms with Crippen LogP contribution in [0.2, 0.25) is 0 Å². The van der Waals surface area contributed by atoms with E-state index < -0.39 is 0 Å². The van der Waals surface area contributed by atoms with Crippen molar-refractivity contribution in [2.45, 2.75) is 26.4 Å². The van der Waals surface area contributed by atoms with Crippen LogP contribution in [-0.4, -0.2) is 40.8 Å². The Bertz CT molecular complexity index is 660. The molecule has 2 N–H and O–H groups in total. The molecule has 1 aromatic heterocycles. The minimum Gasteiger partial charge on any atom is -0.366 e. The fourth-order valence-electron chi connectivity index (χ4n) is 3.07. The van der Waals surface area contributed by atoms with Crippen LogP contribution in [0.1, 0.15) is 18.2 Å². The summed E-state index contributed by atoms with van der Waals surface area (Å²) in [6.45, 7) is 8.21. The summed E-state index contributed by atoms with van der Waals surface area (Å²) in [5.74, 6) is 0. The largest absolute Gasteiger partial charge is 0.366 e. The van der Waals surface area contributed by atoms with Gasteiger partial charge < -0.3 is 10.00 Å². The first kappa shape index (κ1) is 13.9. The number of rotatable bonds is 3. The molecule has 1 atom stereocenters. The molecular formula is C16H22N4O. The zero-order valence-electron chi connectivity index (χ0n) is 12.6. The normalized spacial score (nSPS) is 19.9. The molecule has 0 aliphatic carbocycles. The molecule has 1 aromatic carbocycles. The predicted octanol–water partition coefficient (Wildman–Crippen LogP) is 1.72. The summed E-state index contributed by atoms with van der Waals surface area (Å²) in [7, 11) is 0. The van der Waals surface area contributed by atoms with Crippen molar-refractivity contribution >= 4 is 5.69 Å². The molecule has 2 heterocycles. The van der Waals surface area contributed by atoms with Crippen molar-refractivity contribution in [1.82, 2.24) is 15.1 Å². The highest BCUT2D eigenvalue weighted by Gasteiger charge is 2.24. The summed E-state index contributed by atoms with van der Waals surface area (Å²) >= 11 is 0. The molecule has 112 valence electrons. The van der Waals surface area contributed by atoms with Crippen LogP contribution in [0.15, 0.2) is 35.1 Å². The van der Waals surface area contributed by atoms with Crippen LogP contribution < -0.4 is 10.5 Å². The van der Waals surface area contributed by atoms with E-state index >= 15 is 0 Å². The second kappa shape index (κ2) is 5.77. The third-order valence-corrected chi connectivity index (χ3v) is 4.09. The second-order valence-electron chi connectivity index (χ2n) is 5.90. The van der Waals surface area contributed by atoms with Crippen LogP contribution >= 0.6 is 0 Å². The van der Waals surface area contributed by atoms with Gasteiger partial charge in [-0.1, -0.05) is 12.1 Å². The highest BCUT2D eigenvalue weighted by molar-refractivity contribution is 5.49. The van der Waals surface area contributed by atoms with Crippen LogP contribution in [0, 0.1) is 6.92 Å². The molecule has 1 unspecified atom stereocenters. The van der Waals surface area contributed by atoms with Gasteiger partial charge in [0.05, 0.1) is 5.69 Å². The van der Waals surface area contributed by atoms with Gasteiger partial charge >= 0.3 is 0 Å². The number of nitrogens with zero attached hydrogens (tertiary/aromatic N) is 2. The third kappa shape index (κ3) is 3.19. The number of benzene rings is 1. The Labute approximate surface area is 124 Å². The lowest BCUT2D eigenvalue weighted by molar-refractivity contribution is 0.218. The number of anilines is 1. The van der Waals surface area contributed by atoms with E-state index in [1.54, 1.807) is 6.07 Å². The summed E-state index contributed by atoms with van der Waals surface area (Å²) < 4.78 is 0. The highest BCUT2D eigenvalue weighted by atomic mass is 16.1. The molecule has 0 amide bonds. The molecule has 1 fully saturated rings. The highest BCUT2D eigenvalue weighted by Crippen LogP contribution is 2.22. The first-order chi connectivity index (χ1) is 10.1. The Hall–Kier alpha value is -2.01. The van der Waals surface area contributed by atoms with Crippen LogP contribution in [0.25, 0.3) is 0 Å². The predicted molar refractivity (Wildman–Crippen MR) is 84.7 cm³/mol. The number of aromatic amines is 2. The first-order valence-corrected chi connectivity index (χ1v) is 7.44. The first-order valence-electron chi connectivity index (χ1n) is 7.44. The zero-order valence-corrected chi connectivity index (χ0v) is 12.6. The van der Waals surface area contributed by atoms with E-state index in [-0.39, 0.29) is 5.56 Å². The van der Waals surface area contributed by atoms with Gasteiger partial charge in [-0.3, -0.25) is 14.8 Å². The van der Waals surface area contributed by atoms with Gasteiger partial charge in [-0.05, 0) is 31.5 Å². The number of aryl methyl sites for hydroxylation is 1. The van der Waals surface area contributed by atoms with E-state index in [1.165, 1.54) is 11.3 Å². The summed E-state index contributed by atoms with van der Waals surface area (Å²) in [5.41, 5.74) is 3.50. The van der Waals surface area contributed by atoms with Crippen molar-refractivity contribution < 1.29 is 0 Å². The lowest BCUT2D eigenvalue weighted by Gasteiger charge is -2.41. The summed E-state index contributed by atoms with van der Waals surface area (Å²) in [4.78, 5) is 16.0. The average Bonchev–Trinajstić information content (AvgIpc) is 2.84. The number of hydrogen-bond donors (Lipinski definition) is 2. The summed E-state index contributed by atoms with van der Waals surface area (Å²) in [6.07, 6.45) is 0. The number of hydrogen-bond acceptors (Lipinski definition) is 3. The van der Waals surface area contributed by atoms with E-state index in [4.69, 9.17) is 0 Å². The maximum Gasteiger partial charge on any atom is 0.264 e. The second-order valence-corrected chi connectivity index (χ2v) is 5.90. The number of aromatic nitrogens is 2. The molecule has 0 radical (unpaired) electrons. The molecule has 1 aliphatic rings. The van der Waals surface area contributed by atoms with E-state index in [9.17, 15) is 4.79 Å². The van der Waals surface area contributed by atoms with Gasteiger partial charge in [0.25, 0.3) is 5.56 Å². The van der Waals surface area contributed by atoms with Gasteiger partial charge in [-0.2, -0.15) is 0 Å². The zero-order chi connectivity index (χ0) is 14.8. The van der Waals surface area contributed by atoms with Gasteiger partial charge in [-0.25, -0.2) is 0 Å². The molecular weight excluding hydrogens is 264 g/mol. The Kier molecular flexibility index (Phi) is 3.84. The molecule has 1 saturated heterocycles. The fourth-order valence-corrected chi connectivity index (χ4v) is 3.07. The van der Waals surface area contributed by atoms with Crippen LogP contribution in [0.5, 0.6) is 0 Å². The van der Waals surface area contributed by atoms with Crippen LogP contribution in [0.4, 0.5) is 5.69 Å². The van der Waals surface area contributed by atoms with Gasteiger partial charge in [0.15, 0.2) is 0 Å².